The van der Waals surface area contributed by atoms with Crippen molar-refractivity contribution >= 4 is 5.91 Å². The molecule has 2 fully saturated rings. The summed E-state index contributed by atoms with van der Waals surface area (Å²) in [5, 5.41) is 3.63. The second-order valence-corrected chi connectivity index (χ2v) is 8.13. The van der Waals surface area contributed by atoms with Crippen molar-refractivity contribution < 1.29 is 9.53 Å². The molecular formula is C16H30N2O2. The van der Waals surface area contributed by atoms with Crippen molar-refractivity contribution in [1.29, 1.82) is 0 Å². The van der Waals surface area contributed by atoms with Crippen molar-refractivity contribution in [2.24, 2.45) is 0 Å². The van der Waals surface area contributed by atoms with E-state index in [0.717, 1.165) is 25.7 Å². The number of ether oxygens (including phenoxy) is 1. The molecule has 0 aromatic carbocycles. The molecule has 2 saturated heterocycles. The summed E-state index contributed by atoms with van der Waals surface area (Å²) in [5.74, 6) is 0.149. The molecule has 0 saturated carbocycles. The molecule has 2 aliphatic rings. The fourth-order valence-electron chi connectivity index (χ4n) is 4.45. The number of amides is 1. The van der Waals surface area contributed by atoms with E-state index < -0.39 is 11.3 Å². The van der Waals surface area contributed by atoms with Crippen molar-refractivity contribution in [3.05, 3.63) is 0 Å². The van der Waals surface area contributed by atoms with E-state index in [2.05, 4.69) is 39.9 Å². The molecule has 116 valence electrons. The van der Waals surface area contributed by atoms with Crippen LogP contribution in [0, 0.1) is 0 Å². The van der Waals surface area contributed by atoms with Crippen LogP contribution in [-0.4, -0.2) is 40.3 Å². The van der Waals surface area contributed by atoms with Gasteiger partial charge >= 0.3 is 0 Å². The highest BCUT2D eigenvalue weighted by atomic mass is 16.6. The summed E-state index contributed by atoms with van der Waals surface area (Å²) in [5.41, 5.74) is -1.34. The van der Waals surface area contributed by atoms with Crippen molar-refractivity contribution in [2.45, 2.75) is 89.6 Å². The van der Waals surface area contributed by atoms with Gasteiger partial charge in [-0.05, 0) is 41.0 Å². The molecule has 0 radical (unpaired) electrons. The normalized spacial score (nSPS) is 34.8. The Bertz CT molecular complexity index is 401. The van der Waals surface area contributed by atoms with Crippen LogP contribution < -0.4 is 5.32 Å². The van der Waals surface area contributed by atoms with Gasteiger partial charge in [0.1, 0.15) is 5.72 Å². The summed E-state index contributed by atoms with van der Waals surface area (Å²) < 4.78 is 6.45. The van der Waals surface area contributed by atoms with Crippen LogP contribution in [0.25, 0.3) is 0 Å². The van der Waals surface area contributed by atoms with Gasteiger partial charge in [-0.25, -0.2) is 0 Å². The highest BCUT2D eigenvalue weighted by Gasteiger charge is 2.62. The highest BCUT2D eigenvalue weighted by molar-refractivity contribution is 5.88. The molecule has 0 aromatic heterocycles. The minimum Gasteiger partial charge on any atom is -0.339 e. The summed E-state index contributed by atoms with van der Waals surface area (Å²) >= 11 is 0. The number of nitrogens with zero attached hydrogens (tertiary/aromatic N) is 1. The molecule has 2 heterocycles. The molecule has 2 aliphatic heterocycles. The quantitative estimate of drug-likeness (QED) is 0.846. The van der Waals surface area contributed by atoms with E-state index in [1.807, 2.05) is 18.9 Å². The number of likely N-dealkylation sites (N-methyl/N-ethyl adjacent to an activating group) is 1. The Labute approximate surface area is 123 Å². The smallest absolute Gasteiger partial charge is 0.257 e. The molecule has 20 heavy (non-hydrogen) atoms. The molecule has 1 N–H and O–H groups in total. The van der Waals surface area contributed by atoms with E-state index in [1.54, 1.807) is 0 Å². The molecule has 4 nitrogen and oxygen atoms in total. The van der Waals surface area contributed by atoms with Crippen molar-refractivity contribution in [1.82, 2.24) is 10.2 Å². The number of carbonyl (C=O) groups is 1. The van der Waals surface area contributed by atoms with E-state index in [1.165, 1.54) is 0 Å². The van der Waals surface area contributed by atoms with Gasteiger partial charge in [-0.1, -0.05) is 13.3 Å². The van der Waals surface area contributed by atoms with Gasteiger partial charge in [0.05, 0.1) is 0 Å². The Balaban J connectivity index is 2.38. The monoisotopic (exact) mass is 282 g/mol. The molecular weight excluding hydrogens is 252 g/mol. The number of piperidine rings is 1. The van der Waals surface area contributed by atoms with Crippen LogP contribution in [0.5, 0.6) is 0 Å². The standard InChI is InChI=1S/C16H30N2O2/c1-8-9-15(6)18(7)12(19)16(20-15)10-13(2,3)17-14(4,5)11-16/h17H,8-11H2,1-7H3. The molecule has 1 atom stereocenters. The van der Waals surface area contributed by atoms with Crippen LogP contribution in [0.3, 0.4) is 0 Å². The van der Waals surface area contributed by atoms with E-state index in [-0.39, 0.29) is 17.0 Å². The lowest BCUT2D eigenvalue weighted by molar-refractivity contribution is -0.163. The number of hydrogen-bond acceptors (Lipinski definition) is 3. The molecule has 1 spiro atoms. The Morgan fingerprint density at radius 1 is 1.15 bits per heavy atom. The fourth-order valence-corrected chi connectivity index (χ4v) is 4.45. The zero-order valence-corrected chi connectivity index (χ0v) is 14.1. The van der Waals surface area contributed by atoms with Crippen LogP contribution in [0.4, 0.5) is 0 Å². The summed E-state index contributed by atoms with van der Waals surface area (Å²) in [6.45, 7) is 12.8. The second-order valence-electron chi connectivity index (χ2n) is 8.13. The Kier molecular flexibility index (Phi) is 3.50. The van der Waals surface area contributed by atoms with E-state index >= 15 is 0 Å². The third-order valence-corrected chi connectivity index (χ3v) is 4.66. The molecule has 0 aromatic rings. The van der Waals surface area contributed by atoms with Crippen molar-refractivity contribution in [3.63, 3.8) is 0 Å². The van der Waals surface area contributed by atoms with Gasteiger partial charge < -0.3 is 15.0 Å². The van der Waals surface area contributed by atoms with Crippen LogP contribution >= 0.6 is 0 Å². The molecule has 1 unspecified atom stereocenters. The lowest BCUT2D eigenvalue weighted by Crippen LogP contribution is -2.65. The van der Waals surface area contributed by atoms with Gasteiger partial charge in [-0.2, -0.15) is 0 Å². The molecule has 0 bridgehead atoms. The molecule has 0 aliphatic carbocycles. The Hall–Kier alpha value is -0.610. The first kappa shape index (κ1) is 15.8. The maximum Gasteiger partial charge on any atom is 0.257 e. The maximum absolute atomic E-state index is 12.9. The number of carbonyl (C=O) groups excluding carboxylic acids is 1. The maximum atomic E-state index is 12.9. The fraction of sp³-hybridized carbons (Fsp3) is 0.938. The topological polar surface area (TPSA) is 41.6 Å². The predicted octanol–water partition coefficient (Wildman–Crippen LogP) is 2.67. The van der Waals surface area contributed by atoms with Gasteiger partial charge in [0.25, 0.3) is 5.91 Å². The third kappa shape index (κ3) is 2.48. The second kappa shape index (κ2) is 4.44. The average Bonchev–Trinajstić information content (AvgIpc) is 2.36. The lowest BCUT2D eigenvalue weighted by atomic mass is 9.72. The SMILES string of the molecule is CCCC1(C)OC2(CC(C)(C)NC(C)(C)C2)C(=O)N1C. The molecule has 4 heteroatoms. The molecule has 2 rings (SSSR count). The Morgan fingerprint density at radius 2 is 1.65 bits per heavy atom. The van der Waals surface area contributed by atoms with Gasteiger partial charge in [0.15, 0.2) is 5.60 Å². The zero-order chi connectivity index (χ0) is 15.4. The highest BCUT2D eigenvalue weighted by Crippen LogP contribution is 2.48. The van der Waals surface area contributed by atoms with Gasteiger partial charge in [0.2, 0.25) is 0 Å². The minimum atomic E-state index is -0.670. The first-order valence-corrected chi connectivity index (χ1v) is 7.73. The Morgan fingerprint density at radius 3 is 2.10 bits per heavy atom. The third-order valence-electron chi connectivity index (χ3n) is 4.66. The average molecular weight is 282 g/mol. The summed E-state index contributed by atoms with van der Waals surface area (Å²) in [6, 6.07) is 0. The number of rotatable bonds is 2. The van der Waals surface area contributed by atoms with Gasteiger partial charge in [0, 0.05) is 31.0 Å². The summed E-state index contributed by atoms with van der Waals surface area (Å²) in [6.07, 6.45) is 3.35. The first-order chi connectivity index (χ1) is 8.95. The van der Waals surface area contributed by atoms with Gasteiger partial charge in [-0.3, -0.25) is 4.79 Å². The lowest BCUT2D eigenvalue weighted by Gasteiger charge is -2.50. The number of nitrogens with one attached hydrogen (secondary N) is 1. The van der Waals surface area contributed by atoms with Crippen molar-refractivity contribution in [2.75, 3.05) is 7.05 Å². The first-order valence-electron chi connectivity index (χ1n) is 7.73. The minimum absolute atomic E-state index is 0.101. The van der Waals surface area contributed by atoms with Gasteiger partial charge in [-0.15, -0.1) is 0 Å². The zero-order valence-electron chi connectivity index (χ0n) is 14.1. The largest absolute Gasteiger partial charge is 0.339 e. The van der Waals surface area contributed by atoms with Crippen LogP contribution in [0.15, 0.2) is 0 Å². The van der Waals surface area contributed by atoms with E-state index in [4.69, 9.17) is 4.74 Å². The van der Waals surface area contributed by atoms with Crippen LogP contribution in [-0.2, 0) is 9.53 Å². The predicted molar refractivity (Wildman–Crippen MR) is 80.4 cm³/mol. The number of hydrogen-bond donors (Lipinski definition) is 1. The van der Waals surface area contributed by atoms with Crippen LogP contribution in [0.1, 0.15) is 67.2 Å². The summed E-state index contributed by atoms with van der Waals surface area (Å²) in [4.78, 5) is 14.7. The summed E-state index contributed by atoms with van der Waals surface area (Å²) in [7, 11) is 1.88. The van der Waals surface area contributed by atoms with Crippen LogP contribution in [0.2, 0.25) is 0 Å². The van der Waals surface area contributed by atoms with E-state index in [9.17, 15) is 4.79 Å². The molecule has 1 amide bonds. The van der Waals surface area contributed by atoms with Crippen molar-refractivity contribution in [3.8, 4) is 0 Å². The van der Waals surface area contributed by atoms with E-state index in [0.29, 0.717) is 0 Å².